The summed E-state index contributed by atoms with van der Waals surface area (Å²) >= 11 is 0. The van der Waals surface area contributed by atoms with Crippen molar-refractivity contribution in [1.29, 1.82) is 0 Å². The van der Waals surface area contributed by atoms with Crippen LogP contribution in [0.5, 0.6) is 11.5 Å². The lowest BCUT2D eigenvalue weighted by atomic mass is 9.71. The molecule has 75 heavy (non-hydrogen) atoms. The lowest BCUT2D eigenvalue weighted by Crippen LogP contribution is -2.55. The highest BCUT2D eigenvalue weighted by atomic mass is 16.8. The van der Waals surface area contributed by atoms with E-state index in [1.165, 1.54) is 49.7 Å². The third-order valence-corrected chi connectivity index (χ3v) is 14.9. The van der Waals surface area contributed by atoms with Gasteiger partial charge in [0.1, 0.15) is 34.9 Å². The van der Waals surface area contributed by atoms with E-state index in [0.29, 0.717) is 35.5 Å². The Hall–Kier alpha value is -6.80. The van der Waals surface area contributed by atoms with Gasteiger partial charge in [-0.3, -0.25) is 0 Å². The van der Waals surface area contributed by atoms with Gasteiger partial charge in [-0.25, -0.2) is 0 Å². The van der Waals surface area contributed by atoms with Crippen LogP contribution in [0.25, 0.3) is 44.5 Å². The quantitative estimate of drug-likeness (QED) is 0.0659. The highest BCUT2D eigenvalue weighted by molar-refractivity contribution is 5.69. The molecule has 6 nitrogen and oxygen atoms in total. The summed E-state index contributed by atoms with van der Waals surface area (Å²) in [7, 11) is 0. The van der Waals surface area contributed by atoms with Crippen molar-refractivity contribution in [2.75, 3.05) is 13.2 Å². The lowest BCUT2D eigenvalue weighted by Gasteiger charge is -2.42. The van der Waals surface area contributed by atoms with Gasteiger partial charge in [0, 0.05) is 0 Å². The van der Waals surface area contributed by atoms with Crippen LogP contribution in [0.4, 0.5) is 0 Å². The van der Waals surface area contributed by atoms with Gasteiger partial charge in [-0.1, -0.05) is 233 Å². The summed E-state index contributed by atoms with van der Waals surface area (Å²) in [6.07, 6.45) is 6.96. The van der Waals surface area contributed by atoms with Crippen molar-refractivity contribution in [3.8, 4) is 56.0 Å². The Morgan fingerprint density at radius 1 is 0.360 bits per heavy atom. The van der Waals surface area contributed by atoms with Crippen LogP contribution in [-0.2, 0) is 20.7 Å². The number of aliphatic hydroxyl groups is 2. The number of hydrogen-bond donors (Lipinski definition) is 2. The third-order valence-electron chi connectivity index (χ3n) is 14.9. The molecule has 0 spiro atoms. The zero-order chi connectivity index (χ0) is 52.4. The van der Waals surface area contributed by atoms with Gasteiger partial charge in [-0.15, -0.1) is 0 Å². The van der Waals surface area contributed by atoms with Crippen molar-refractivity contribution >= 4 is 0 Å². The number of hydrogen-bond acceptors (Lipinski definition) is 6. The fraction of sp³-hybridized carbons (Fsp3) is 0.304. The highest BCUT2D eigenvalue weighted by Gasteiger charge is 2.61. The second-order valence-corrected chi connectivity index (χ2v) is 20.9. The van der Waals surface area contributed by atoms with E-state index in [2.05, 4.69) is 100 Å². The van der Waals surface area contributed by atoms with E-state index in [1.54, 1.807) is 0 Å². The maximum absolute atomic E-state index is 14.1. The van der Waals surface area contributed by atoms with Gasteiger partial charge in [0.15, 0.2) is 5.79 Å². The second kappa shape index (κ2) is 23.8. The van der Waals surface area contributed by atoms with Gasteiger partial charge in [-0.2, -0.15) is 0 Å². The molecule has 2 N–H and O–H groups in total. The van der Waals surface area contributed by atoms with Crippen LogP contribution < -0.4 is 9.47 Å². The normalized spacial score (nSPS) is 15.5. The van der Waals surface area contributed by atoms with Crippen LogP contribution in [0.15, 0.2) is 194 Å². The van der Waals surface area contributed by atoms with E-state index < -0.39 is 29.2 Å². The topological polar surface area (TPSA) is 77.4 Å². The fourth-order valence-corrected chi connectivity index (χ4v) is 10.4. The number of rotatable bonds is 22. The molecule has 0 radical (unpaired) electrons. The van der Waals surface area contributed by atoms with Crippen LogP contribution in [0.3, 0.4) is 0 Å². The molecule has 1 aliphatic rings. The molecule has 1 saturated heterocycles. The largest absolute Gasteiger partial charge is 0.494 e. The van der Waals surface area contributed by atoms with Gasteiger partial charge >= 0.3 is 0 Å². The highest BCUT2D eigenvalue weighted by Crippen LogP contribution is 2.51. The molecule has 6 heteroatoms. The predicted molar refractivity (Wildman–Crippen MR) is 306 cm³/mol. The third kappa shape index (κ3) is 12.2. The van der Waals surface area contributed by atoms with Crippen LogP contribution in [0, 0.1) is 13.8 Å². The maximum atomic E-state index is 14.1. The Bertz CT molecular complexity index is 2840. The molecule has 0 amide bonds. The minimum Gasteiger partial charge on any atom is -0.494 e. The molecule has 0 aliphatic carbocycles. The van der Waals surface area contributed by atoms with Gasteiger partial charge in [0.05, 0.1) is 13.2 Å². The van der Waals surface area contributed by atoms with E-state index in [1.807, 2.05) is 135 Å². The minimum atomic E-state index is -1.85. The summed E-state index contributed by atoms with van der Waals surface area (Å²) in [6, 6.07) is 65.4. The van der Waals surface area contributed by atoms with E-state index >= 15 is 0 Å². The average Bonchev–Trinajstić information content (AvgIpc) is 3.81. The Morgan fingerprint density at radius 3 is 0.853 bits per heavy atom. The average molecular weight is 999 g/mol. The first-order chi connectivity index (χ1) is 36.4. The van der Waals surface area contributed by atoms with Gasteiger partial charge < -0.3 is 29.2 Å². The summed E-state index contributed by atoms with van der Waals surface area (Å²) in [5.41, 5.74) is 9.28. The molecule has 1 heterocycles. The molecule has 8 aromatic carbocycles. The van der Waals surface area contributed by atoms with E-state index in [9.17, 15) is 10.2 Å². The second-order valence-electron chi connectivity index (χ2n) is 20.9. The van der Waals surface area contributed by atoms with Crippen molar-refractivity contribution in [2.45, 2.75) is 122 Å². The lowest BCUT2D eigenvalue weighted by molar-refractivity contribution is -0.172. The fourth-order valence-electron chi connectivity index (χ4n) is 10.4. The summed E-state index contributed by atoms with van der Waals surface area (Å²) in [6.45, 7) is 13.7. The first kappa shape index (κ1) is 53.0. The summed E-state index contributed by atoms with van der Waals surface area (Å²) in [4.78, 5) is 0. The number of unbranched alkanes of at least 4 members (excludes halogenated alkanes) is 6. The first-order valence-electron chi connectivity index (χ1n) is 27.2. The molecule has 0 saturated carbocycles. The molecule has 8 aromatic rings. The molecular weight excluding hydrogens is 925 g/mol. The zero-order valence-electron chi connectivity index (χ0n) is 44.7. The number of ether oxygens (including phenoxy) is 4. The Morgan fingerprint density at radius 2 is 0.600 bits per heavy atom. The molecule has 0 aromatic heterocycles. The predicted octanol–water partition coefficient (Wildman–Crippen LogP) is 16.6. The Labute approximate surface area is 446 Å². The molecule has 1 aliphatic heterocycles. The van der Waals surface area contributed by atoms with E-state index in [-0.39, 0.29) is 0 Å². The standard InChI is InChI=1S/C69H74O6/c1-7-9-11-13-47-72-63-43-31-57(32-44-63)55-27-39-61(40-28-55)69(71,62-41-29-56(30-42-62)58-33-45-64(46-34-58)73-48-14-12-10-8-2)66-65(74-67(5,6)75-66)68(70,59-35-23-53(24-36-59)51-19-15-49(3)16-20-51)60-37-25-54(26-38-60)52-21-17-50(4)18-22-52/h15-46,65-66,70-71H,7-14,47-48H2,1-6H3/t65-,66-/m1/s1. The zero-order valence-corrected chi connectivity index (χ0v) is 44.7. The minimum absolute atomic E-state index is 0.592. The first-order valence-corrected chi connectivity index (χ1v) is 27.2. The van der Waals surface area contributed by atoms with Gasteiger partial charge in [0.25, 0.3) is 0 Å². The molecule has 0 unspecified atom stereocenters. The summed E-state index contributed by atoms with van der Waals surface area (Å²) in [5.74, 6) is 0.474. The molecule has 9 rings (SSSR count). The van der Waals surface area contributed by atoms with Gasteiger partial charge in [-0.05, 0) is 132 Å². The Balaban J connectivity index is 1.12. The van der Waals surface area contributed by atoms with Crippen LogP contribution in [0.1, 0.15) is 112 Å². The summed E-state index contributed by atoms with van der Waals surface area (Å²) in [5, 5.41) is 28.1. The van der Waals surface area contributed by atoms with Crippen LogP contribution >= 0.6 is 0 Å². The van der Waals surface area contributed by atoms with Crippen molar-refractivity contribution in [1.82, 2.24) is 0 Å². The van der Waals surface area contributed by atoms with Crippen molar-refractivity contribution in [3.63, 3.8) is 0 Å². The monoisotopic (exact) mass is 999 g/mol. The number of aryl methyl sites for hydroxylation is 2. The van der Waals surface area contributed by atoms with Crippen molar-refractivity contribution < 1.29 is 29.2 Å². The maximum Gasteiger partial charge on any atom is 0.164 e. The van der Waals surface area contributed by atoms with Crippen molar-refractivity contribution in [3.05, 3.63) is 228 Å². The molecule has 386 valence electrons. The summed E-state index contributed by atoms with van der Waals surface area (Å²) < 4.78 is 26.2. The SMILES string of the molecule is CCCCCCOc1ccc(-c2ccc(C(O)(c3ccc(-c4ccc(OCCCCCC)cc4)cc3)[C@@H]3OC(C)(C)O[C@H]3C(O)(c3ccc(-c4ccc(C)cc4)cc3)c3ccc(-c4ccc(C)cc4)cc3)cc2)cc1. The van der Waals surface area contributed by atoms with Gasteiger partial charge in [0.2, 0.25) is 0 Å². The van der Waals surface area contributed by atoms with Crippen LogP contribution in [0.2, 0.25) is 0 Å². The van der Waals surface area contributed by atoms with E-state index in [4.69, 9.17) is 18.9 Å². The van der Waals surface area contributed by atoms with Crippen LogP contribution in [-0.4, -0.2) is 41.4 Å². The smallest absolute Gasteiger partial charge is 0.164 e. The molecule has 2 atom stereocenters. The molecule has 1 fully saturated rings. The van der Waals surface area contributed by atoms with E-state index in [0.717, 1.165) is 68.8 Å². The number of benzene rings is 8. The Kier molecular flexibility index (Phi) is 16.8. The van der Waals surface area contributed by atoms with Crippen molar-refractivity contribution in [2.24, 2.45) is 0 Å². The molecule has 0 bridgehead atoms. The molecular formula is C69H74O6.